The summed E-state index contributed by atoms with van der Waals surface area (Å²) in [5, 5.41) is 8.08. The summed E-state index contributed by atoms with van der Waals surface area (Å²) in [6.45, 7) is 9.05. The molecule has 1 atom stereocenters. The molecule has 1 unspecified atom stereocenters. The van der Waals surface area contributed by atoms with Crippen LogP contribution in [0.4, 0.5) is 5.82 Å². The summed E-state index contributed by atoms with van der Waals surface area (Å²) < 4.78 is 1.97. The van der Waals surface area contributed by atoms with Crippen molar-refractivity contribution in [2.75, 3.05) is 25.0 Å². The Bertz CT molecular complexity index is 347. The van der Waals surface area contributed by atoms with Crippen LogP contribution >= 0.6 is 0 Å². The van der Waals surface area contributed by atoms with Gasteiger partial charge in [0.2, 0.25) is 0 Å². The molecule has 1 aromatic heterocycles. The first-order valence-corrected chi connectivity index (χ1v) is 7.34. The molecular weight excluding hydrogens is 224 g/mol. The van der Waals surface area contributed by atoms with Crippen LogP contribution in [0.5, 0.6) is 0 Å². The monoisotopic (exact) mass is 250 g/mol. The molecule has 1 aromatic rings. The van der Waals surface area contributed by atoms with E-state index in [1.165, 1.54) is 45.3 Å². The Hall–Kier alpha value is -1.03. The van der Waals surface area contributed by atoms with Crippen LogP contribution in [0.3, 0.4) is 0 Å². The highest BCUT2D eigenvalue weighted by atomic mass is 15.3. The van der Waals surface area contributed by atoms with E-state index in [-0.39, 0.29) is 0 Å². The second kappa shape index (κ2) is 6.78. The Balaban J connectivity index is 1.82. The van der Waals surface area contributed by atoms with Crippen molar-refractivity contribution in [2.45, 2.75) is 52.1 Å². The third kappa shape index (κ3) is 3.73. The van der Waals surface area contributed by atoms with Gasteiger partial charge in [0.1, 0.15) is 5.82 Å². The molecular formula is C14H26N4. The number of aryl methyl sites for hydroxylation is 1. The minimum atomic E-state index is 0.590. The largest absolute Gasteiger partial charge is 0.366 e. The molecule has 0 aromatic carbocycles. The van der Waals surface area contributed by atoms with Gasteiger partial charge in [-0.25, -0.2) is 0 Å². The van der Waals surface area contributed by atoms with Crippen molar-refractivity contribution in [3.63, 3.8) is 0 Å². The third-order valence-corrected chi connectivity index (χ3v) is 3.68. The predicted octanol–water partition coefficient (Wildman–Crippen LogP) is 2.58. The van der Waals surface area contributed by atoms with Gasteiger partial charge >= 0.3 is 0 Å². The molecule has 0 radical (unpaired) electrons. The van der Waals surface area contributed by atoms with Gasteiger partial charge in [-0.15, -0.1) is 0 Å². The Labute approximate surface area is 110 Å². The lowest BCUT2D eigenvalue weighted by Gasteiger charge is -2.19. The standard InChI is InChI=1S/C14H26N4/c1-3-9-17-10-5-6-13(7-11-17)15-14-8-12-18(4-2)16-14/h8,12-13H,3-7,9-11H2,1-2H3,(H,15,16). The highest BCUT2D eigenvalue weighted by molar-refractivity contribution is 5.33. The summed E-state index contributed by atoms with van der Waals surface area (Å²) in [6, 6.07) is 2.67. The van der Waals surface area contributed by atoms with Gasteiger partial charge in [-0.2, -0.15) is 5.10 Å². The summed E-state index contributed by atoms with van der Waals surface area (Å²) in [5.74, 6) is 1.03. The summed E-state index contributed by atoms with van der Waals surface area (Å²) in [6.07, 6.45) is 7.10. The quantitative estimate of drug-likeness (QED) is 0.872. The van der Waals surface area contributed by atoms with Gasteiger partial charge in [0.25, 0.3) is 0 Å². The van der Waals surface area contributed by atoms with E-state index < -0.39 is 0 Å². The number of nitrogens with one attached hydrogen (secondary N) is 1. The number of likely N-dealkylation sites (tertiary alicyclic amines) is 1. The van der Waals surface area contributed by atoms with Crippen LogP contribution < -0.4 is 5.32 Å². The molecule has 102 valence electrons. The molecule has 4 heteroatoms. The maximum absolute atomic E-state index is 4.50. The summed E-state index contributed by atoms with van der Waals surface area (Å²) in [7, 11) is 0. The molecule has 1 saturated heterocycles. The molecule has 1 fully saturated rings. The molecule has 0 aliphatic carbocycles. The number of hydrogen-bond acceptors (Lipinski definition) is 3. The first kappa shape index (κ1) is 13.4. The van der Waals surface area contributed by atoms with Crippen molar-refractivity contribution in [3.8, 4) is 0 Å². The molecule has 1 aliphatic heterocycles. The molecule has 0 bridgehead atoms. The highest BCUT2D eigenvalue weighted by Gasteiger charge is 2.16. The minimum absolute atomic E-state index is 0.590. The number of rotatable bonds is 5. The molecule has 2 rings (SSSR count). The Morgan fingerprint density at radius 1 is 1.33 bits per heavy atom. The van der Waals surface area contributed by atoms with Crippen LogP contribution in [-0.2, 0) is 6.54 Å². The second-order valence-corrected chi connectivity index (χ2v) is 5.17. The SMILES string of the molecule is CCCN1CCCC(Nc2ccn(CC)n2)CC1. The van der Waals surface area contributed by atoms with Gasteiger partial charge in [-0.1, -0.05) is 6.92 Å². The fourth-order valence-corrected chi connectivity index (χ4v) is 2.66. The van der Waals surface area contributed by atoms with E-state index >= 15 is 0 Å². The van der Waals surface area contributed by atoms with Crippen LogP contribution in [0.25, 0.3) is 0 Å². The number of anilines is 1. The van der Waals surface area contributed by atoms with Gasteiger partial charge in [0.15, 0.2) is 0 Å². The topological polar surface area (TPSA) is 33.1 Å². The number of hydrogen-bond donors (Lipinski definition) is 1. The van der Waals surface area contributed by atoms with Crippen molar-refractivity contribution in [2.24, 2.45) is 0 Å². The lowest BCUT2D eigenvalue weighted by Crippen LogP contribution is -2.27. The van der Waals surface area contributed by atoms with E-state index in [1.54, 1.807) is 0 Å². The smallest absolute Gasteiger partial charge is 0.148 e. The first-order valence-electron chi connectivity index (χ1n) is 7.34. The van der Waals surface area contributed by atoms with Crippen molar-refractivity contribution < 1.29 is 0 Å². The lowest BCUT2D eigenvalue weighted by molar-refractivity contribution is 0.285. The van der Waals surface area contributed by atoms with Crippen LogP contribution in [-0.4, -0.2) is 40.4 Å². The van der Waals surface area contributed by atoms with E-state index in [9.17, 15) is 0 Å². The predicted molar refractivity (Wildman–Crippen MR) is 75.9 cm³/mol. The third-order valence-electron chi connectivity index (χ3n) is 3.68. The summed E-state index contributed by atoms with van der Waals surface area (Å²) in [4.78, 5) is 2.59. The summed E-state index contributed by atoms with van der Waals surface area (Å²) in [5.41, 5.74) is 0. The van der Waals surface area contributed by atoms with Gasteiger partial charge in [0, 0.05) is 31.4 Å². The van der Waals surface area contributed by atoms with Crippen molar-refractivity contribution in [1.82, 2.24) is 14.7 Å². The normalized spacial score (nSPS) is 21.8. The molecule has 0 saturated carbocycles. The van der Waals surface area contributed by atoms with E-state index in [4.69, 9.17) is 0 Å². The number of aromatic nitrogens is 2. The van der Waals surface area contributed by atoms with Crippen molar-refractivity contribution >= 4 is 5.82 Å². The minimum Gasteiger partial charge on any atom is -0.366 e. The maximum atomic E-state index is 4.50. The van der Waals surface area contributed by atoms with Crippen molar-refractivity contribution in [3.05, 3.63) is 12.3 Å². The molecule has 0 amide bonds. The molecule has 0 spiro atoms. The number of nitrogens with zero attached hydrogens (tertiary/aromatic N) is 3. The Kier molecular flexibility index (Phi) is 5.05. The van der Waals surface area contributed by atoms with Gasteiger partial charge in [0.05, 0.1) is 0 Å². The average Bonchev–Trinajstić information content (AvgIpc) is 2.71. The fraction of sp³-hybridized carbons (Fsp3) is 0.786. The zero-order chi connectivity index (χ0) is 12.8. The van der Waals surface area contributed by atoms with Crippen LogP contribution in [0, 0.1) is 0 Å². The van der Waals surface area contributed by atoms with Crippen LogP contribution in [0.1, 0.15) is 39.5 Å². The average molecular weight is 250 g/mol. The second-order valence-electron chi connectivity index (χ2n) is 5.17. The van der Waals surface area contributed by atoms with Gasteiger partial charge in [-0.3, -0.25) is 4.68 Å². The first-order chi connectivity index (χ1) is 8.81. The molecule has 18 heavy (non-hydrogen) atoms. The molecule has 1 N–H and O–H groups in total. The van der Waals surface area contributed by atoms with Crippen molar-refractivity contribution in [1.29, 1.82) is 0 Å². The van der Waals surface area contributed by atoms with Gasteiger partial charge in [-0.05, 0) is 45.7 Å². The van der Waals surface area contributed by atoms with Crippen LogP contribution in [0.2, 0.25) is 0 Å². The maximum Gasteiger partial charge on any atom is 0.148 e. The zero-order valence-corrected chi connectivity index (χ0v) is 11.7. The molecule has 1 aliphatic rings. The molecule has 2 heterocycles. The van der Waals surface area contributed by atoms with E-state index in [2.05, 4.69) is 35.2 Å². The zero-order valence-electron chi connectivity index (χ0n) is 11.7. The summed E-state index contributed by atoms with van der Waals surface area (Å²) >= 11 is 0. The fourth-order valence-electron chi connectivity index (χ4n) is 2.66. The van der Waals surface area contributed by atoms with E-state index in [1.807, 2.05) is 10.9 Å². The Morgan fingerprint density at radius 3 is 2.94 bits per heavy atom. The Morgan fingerprint density at radius 2 is 2.22 bits per heavy atom. The van der Waals surface area contributed by atoms with E-state index in [0.717, 1.165) is 12.4 Å². The van der Waals surface area contributed by atoms with E-state index in [0.29, 0.717) is 6.04 Å². The molecule has 4 nitrogen and oxygen atoms in total. The highest BCUT2D eigenvalue weighted by Crippen LogP contribution is 2.15. The lowest BCUT2D eigenvalue weighted by atomic mass is 10.1. The van der Waals surface area contributed by atoms with Gasteiger partial charge < -0.3 is 10.2 Å². The van der Waals surface area contributed by atoms with Crippen LogP contribution in [0.15, 0.2) is 12.3 Å².